The number of carbonyl (C=O) groups is 1. The molecule has 1 aliphatic heterocycles. The summed E-state index contributed by atoms with van der Waals surface area (Å²) in [7, 11) is -3.80. The van der Waals surface area contributed by atoms with Crippen molar-refractivity contribution in [3.8, 4) is 0 Å². The van der Waals surface area contributed by atoms with Crippen LogP contribution in [0.3, 0.4) is 0 Å². The molecule has 1 N–H and O–H groups in total. The zero-order valence-electron chi connectivity index (χ0n) is 16.8. The van der Waals surface area contributed by atoms with Gasteiger partial charge >= 0.3 is 0 Å². The van der Waals surface area contributed by atoms with E-state index < -0.39 is 20.6 Å². The number of nitro benzene ring substituents is 1. The summed E-state index contributed by atoms with van der Waals surface area (Å²) >= 11 is 0. The minimum atomic E-state index is -3.80. The number of sulfonamides is 1. The van der Waals surface area contributed by atoms with E-state index in [4.69, 9.17) is 0 Å². The van der Waals surface area contributed by atoms with Crippen molar-refractivity contribution in [3.05, 3.63) is 75.8 Å². The molecule has 1 saturated heterocycles. The number of nitrogens with zero attached hydrogens (tertiary/aromatic N) is 3. The molecular formula is C22H18N4O5S. The highest BCUT2D eigenvalue weighted by atomic mass is 32.2. The van der Waals surface area contributed by atoms with Crippen LogP contribution in [0.1, 0.15) is 28.8 Å². The lowest BCUT2D eigenvalue weighted by molar-refractivity contribution is -0.384. The zero-order chi connectivity index (χ0) is 22.5. The Balaban J connectivity index is 1.51. The Labute approximate surface area is 183 Å². The van der Waals surface area contributed by atoms with Gasteiger partial charge in [0.05, 0.1) is 9.82 Å². The Kier molecular flexibility index (Phi) is 4.75. The highest BCUT2D eigenvalue weighted by Crippen LogP contribution is 2.33. The summed E-state index contributed by atoms with van der Waals surface area (Å²) in [6.07, 6.45) is 1.53. The van der Waals surface area contributed by atoms with Crippen molar-refractivity contribution in [1.82, 2.24) is 4.31 Å². The molecular weight excluding hydrogens is 432 g/mol. The summed E-state index contributed by atoms with van der Waals surface area (Å²) in [5, 5.41) is 17.5. The maximum absolute atomic E-state index is 12.9. The number of Topliss-reactive ketones (excluding diaryl/α,β-unsaturated/α-hetero) is 1. The number of hydrazone groups is 1. The van der Waals surface area contributed by atoms with E-state index in [9.17, 15) is 23.3 Å². The standard InChI is InChI=1S/C22H18N4O5S/c27-22-17-8-4-6-14-5-3-7-16(20(14)17)21(22)24-23-18-10-9-15(13-19(18)26(28)29)32(30,31)25-11-1-2-12-25/h3-10,13,23H,1-2,11-12H2. The van der Waals surface area contributed by atoms with E-state index in [1.807, 2.05) is 18.2 Å². The largest absolute Gasteiger partial charge is 0.295 e. The van der Waals surface area contributed by atoms with Crippen LogP contribution in [-0.4, -0.2) is 42.2 Å². The Morgan fingerprint density at radius 3 is 2.38 bits per heavy atom. The number of rotatable bonds is 5. The molecule has 0 saturated carbocycles. The van der Waals surface area contributed by atoms with Crippen molar-refractivity contribution in [2.45, 2.75) is 17.7 Å². The van der Waals surface area contributed by atoms with Gasteiger partial charge in [-0.25, -0.2) is 8.42 Å². The SMILES string of the molecule is O=C1C(=NNc2ccc(S(=O)(=O)N3CCCC3)cc2[N+](=O)[O-])c2cccc3cccc1c23. The maximum Gasteiger partial charge on any atom is 0.295 e. The maximum atomic E-state index is 12.9. The molecule has 1 heterocycles. The molecule has 0 atom stereocenters. The van der Waals surface area contributed by atoms with Crippen LogP contribution in [0.15, 0.2) is 64.6 Å². The Morgan fingerprint density at radius 2 is 1.69 bits per heavy atom. The lowest BCUT2D eigenvalue weighted by atomic mass is 10.1. The third-order valence-electron chi connectivity index (χ3n) is 5.78. The van der Waals surface area contributed by atoms with E-state index in [1.54, 1.807) is 18.2 Å². The second kappa shape index (κ2) is 7.50. The van der Waals surface area contributed by atoms with Crippen molar-refractivity contribution < 1.29 is 18.1 Å². The van der Waals surface area contributed by atoms with Crippen LogP contribution in [0.4, 0.5) is 11.4 Å². The van der Waals surface area contributed by atoms with Crippen molar-refractivity contribution >= 4 is 43.7 Å². The van der Waals surface area contributed by atoms with E-state index in [1.165, 1.54) is 16.4 Å². The van der Waals surface area contributed by atoms with Gasteiger partial charge < -0.3 is 0 Å². The average molecular weight is 450 g/mol. The highest BCUT2D eigenvalue weighted by molar-refractivity contribution is 7.89. The number of nitro groups is 1. The number of hydrogen-bond donors (Lipinski definition) is 1. The first-order chi connectivity index (χ1) is 15.4. The number of nitrogens with one attached hydrogen (secondary N) is 1. The van der Waals surface area contributed by atoms with Crippen molar-refractivity contribution in [2.24, 2.45) is 5.10 Å². The summed E-state index contributed by atoms with van der Waals surface area (Å²) in [5.74, 6) is -0.278. The summed E-state index contributed by atoms with van der Waals surface area (Å²) in [4.78, 5) is 23.7. The smallest absolute Gasteiger partial charge is 0.287 e. The molecule has 3 aromatic rings. The quantitative estimate of drug-likeness (QED) is 0.469. The molecule has 0 spiro atoms. The molecule has 5 rings (SSSR count). The summed E-state index contributed by atoms with van der Waals surface area (Å²) in [6, 6.07) is 14.5. The number of anilines is 1. The van der Waals surface area contributed by atoms with E-state index in [0.29, 0.717) is 24.2 Å². The van der Waals surface area contributed by atoms with E-state index in [0.717, 1.165) is 29.7 Å². The van der Waals surface area contributed by atoms with Crippen LogP contribution in [0, 0.1) is 10.1 Å². The average Bonchev–Trinajstić information content (AvgIpc) is 3.42. The van der Waals surface area contributed by atoms with Gasteiger partial charge in [0, 0.05) is 35.7 Å². The first kappa shape index (κ1) is 20.3. The van der Waals surface area contributed by atoms with Crippen LogP contribution in [-0.2, 0) is 10.0 Å². The molecule has 9 nitrogen and oxygen atoms in total. The minimum absolute atomic E-state index is 0.00111. The Hall–Kier alpha value is -3.63. The fraction of sp³-hybridized carbons (Fsp3) is 0.182. The minimum Gasteiger partial charge on any atom is -0.287 e. The van der Waals surface area contributed by atoms with Gasteiger partial charge in [-0.3, -0.25) is 20.3 Å². The Bertz CT molecular complexity index is 1420. The third kappa shape index (κ3) is 3.15. The van der Waals surface area contributed by atoms with Crippen LogP contribution in [0.5, 0.6) is 0 Å². The Morgan fingerprint density at radius 1 is 1.00 bits per heavy atom. The summed E-state index contributed by atoms with van der Waals surface area (Å²) in [6.45, 7) is 0.802. The molecule has 0 bridgehead atoms. The van der Waals surface area contributed by atoms with Gasteiger partial charge in [-0.2, -0.15) is 9.41 Å². The fourth-order valence-corrected chi connectivity index (χ4v) is 5.74. The number of benzene rings is 3. The molecule has 1 fully saturated rings. The molecule has 1 aliphatic carbocycles. The van der Waals surface area contributed by atoms with Crippen LogP contribution >= 0.6 is 0 Å². The van der Waals surface area contributed by atoms with Crippen LogP contribution in [0.2, 0.25) is 0 Å². The van der Waals surface area contributed by atoms with Crippen molar-refractivity contribution in [1.29, 1.82) is 0 Å². The monoisotopic (exact) mass is 450 g/mol. The molecule has 162 valence electrons. The molecule has 10 heteroatoms. The third-order valence-corrected chi connectivity index (χ3v) is 7.67. The van der Waals surface area contributed by atoms with Gasteiger partial charge in [-0.05, 0) is 30.4 Å². The molecule has 0 unspecified atom stereocenters. The second-order valence-corrected chi connectivity index (χ2v) is 9.60. The topological polar surface area (TPSA) is 122 Å². The predicted molar refractivity (Wildman–Crippen MR) is 120 cm³/mol. The van der Waals surface area contributed by atoms with Gasteiger partial charge in [-0.15, -0.1) is 0 Å². The summed E-state index contributed by atoms with van der Waals surface area (Å²) in [5.41, 5.74) is 3.50. The van der Waals surface area contributed by atoms with Gasteiger partial charge in [0.25, 0.3) is 5.69 Å². The van der Waals surface area contributed by atoms with Gasteiger partial charge in [0.2, 0.25) is 15.8 Å². The van der Waals surface area contributed by atoms with E-state index >= 15 is 0 Å². The van der Waals surface area contributed by atoms with Crippen LogP contribution in [0.25, 0.3) is 10.8 Å². The molecule has 32 heavy (non-hydrogen) atoms. The predicted octanol–water partition coefficient (Wildman–Crippen LogP) is 3.55. The van der Waals surface area contributed by atoms with E-state index in [-0.39, 0.29) is 22.1 Å². The number of ketones is 1. The number of carbonyl (C=O) groups excluding carboxylic acids is 1. The lowest BCUT2D eigenvalue weighted by Crippen LogP contribution is -2.27. The van der Waals surface area contributed by atoms with Crippen molar-refractivity contribution in [2.75, 3.05) is 18.5 Å². The van der Waals surface area contributed by atoms with E-state index in [2.05, 4.69) is 10.5 Å². The van der Waals surface area contributed by atoms with Crippen molar-refractivity contribution in [3.63, 3.8) is 0 Å². The van der Waals surface area contributed by atoms with Gasteiger partial charge in [0.1, 0.15) is 11.4 Å². The zero-order valence-corrected chi connectivity index (χ0v) is 17.6. The molecule has 0 aromatic heterocycles. The molecule has 0 radical (unpaired) electrons. The highest BCUT2D eigenvalue weighted by Gasteiger charge is 2.31. The molecule has 3 aromatic carbocycles. The van der Waals surface area contributed by atoms with Crippen LogP contribution < -0.4 is 5.43 Å². The number of hydrogen-bond acceptors (Lipinski definition) is 7. The molecule has 0 amide bonds. The summed E-state index contributed by atoms with van der Waals surface area (Å²) < 4.78 is 26.9. The molecule has 2 aliphatic rings. The second-order valence-electron chi connectivity index (χ2n) is 7.66. The van der Waals surface area contributed by atoms with Gasteiger partial charge in [0.15, 0.2) is 0 Å². The first-order valence-corrected chi connectivity index (χ1v) is 11.5. The first-order valence-electron chi connectivity index (χ1n) is 10.1. The normalized spacial score (nSPS) is 17.4. The fourth-order valence-electron chi connectivity index (χ4n) is 4.20. The van der Waals surface area contributed by atoms with Gasteiger partial charge in [-0.1, -0.05) is 36.4 Å². The lowest BCUT2D eigenvalue weighted by Gasteiger charge is -2.15.